The molecule has 0 aliphatic carbocycles. The Morgan fingerprint density at radius 2 is 1.71 bits per heavy atom. The number of imidazole rings is 1. The third-order valence-electron chi connectivity index (χ3n) is 5.65. The van der Waals surface area contributed by atoms with Crippen molar-refractivity contribution in [1.82, 2.24) is 18.7 Å². The molecule has 0 saturated carbocycles. The van der Waals surface area contributed by atoms with E-state index in [1.165, 1.54) is 14.7 Å². The van der Waals surface area contributed by atoms with E-state index in [1.54, 1.807) is 13.3 Å². The highest BCUT2D eigenvalue weighted by molar-refractivity contribution is 5.72. The second kappa shape index (κ2) is 7.69. The first kappa shape index (κ1) is 20.8. The molecular weight excluding hydrogens is 388 g/mol. The van der Waals surface area contributed by atoms with Gasteiger partial charge in [0.2, 0.25) is 0 Å². The maximum atomic E-state index is 13.2. The Morgan fingerprint density at radius 1 is 1.00 bits per heavy atom. The zero-order valence-electron chi connectivity index (χ0n) is 18.7. The van der Waals surface area contributed by atoms with Gasteiger partial charge in [0.15, 0.2) is 11.2 Å². The molecule has 4 rings (SSSR count). The number of rotatable bonds is 4. The molecular formula is C25H28N4O2. The van der Waals surface area contributed by atoms with Gasteiger partial charge in [-0.1, -0.05) is 57.2 Å². The summed E-state index contributed by atoms with van der Waals surface area (Å²) in [5.74, 6) is 0. The van der Waals surface area contributed by atoms with Crippen molar-refractivity contribution >= 4 is 11.2 Å². The number of benzene rings is 2. The minimum absolute atomic E-state index is 0.0823. The molecule has 0 radical (unpaired) electrons. The van der Waals surface area contributed by atoms with Crippen LogP contribution < -0.4 is 11.2 Å². The van der Waals surface area contributed by atoms with Crippen molar-refractivity contribution in [2.45, 2.75) is 53.1 Å². The lowest BCUT2D eigenvalue weighted by molar-refractivity contribution is 0.590. The average Bonchev–Trinajstić information content (AvgIpc) is 3.11. The monoisotopic (exact) mass is 416 g/mol. The summed E-state index contributed by atoms with van der Waals surface area (Å²) in [5.41, 5.74) is 4.29. The van der Waals surface area contributed by atoms with Gasteiger partial charge >= 0.3 is 5.69 Å². The number of aromatic nitrogens is 4. The second-order valence-electron chi connectivity index (χ2n) is 9.00. The maximum absolute atomic E-state index is 13.2. The summed E-state index contributed by atoms with van der Waals surface area (Å²) in [5, 5.41) is 0. The SMILES string of the molecule is CCn1c(=O)c2c(ncn2Cc2ccc(C(C)(C)C)cc2)n(-c2cccc(C)c2)c1=O. The molecule has 0 bridgehead atoms. The Labute approximate surface area is 181 Å². The number of hydrogen-bond acceptors (Lipinski definition) is 3. The molecule has 2 aromatic carbocycles. The number of fused-ring (bicyclic) bond motifs is 1. The summed E-state index contributed by atoms with van der Waals surface area (Å²) in [6.45, 7) is 11.1. The van der Waals surface area contributed by atoms with Crippen molar-refractivity contribution in [3.8, 4) is 5.69 Å². The van der Waals surface area contributed by atoms with Crippen molar-refractivity contribution in [1.29, 1.82) is 0 Å². The van der Waals surface area contributed by atoms with Gasteiger partial charge in [-0.15, -0.1) is 0 Å². The van der Waals surface area contributed by atoms with E-state index >= 15 is 0 Å². The van der Waals surface area contributed by atoms with Gasteiger partial charge in [-0.25, -0.2) is 14.3 Å². The fraction of sp³-hybridized carbons (Fsp3) is 0.320. The van der Waals surface area contributed by atoms with Crippen LogP contribution in [0.4, 0.5) is 0 Å². The van der Waals surface area contributed by atoms with Crippen LogP contribution in [-0.4, -0.2) is 18.7 Å². The molecule has 0 aliphatic heterocycles. The molecule has 0 saturated heterocycles. The van der Waals surface area contributed by atoms with Crippen molar-refractivity contribution < 1.29 is 0 Å². The van der Waals surface area contributed by atoms with Gasteiger partial charge in [0.05, 0.1) is 12.0 Å². The van der Waals surface area contributed by atoms with Gasteiger partial charge in [0.1, 0.15) is 0 Å². The van der Waals surface area contributed by atoms with Crippen molar-refractivity contribution in [2.75, 3.05) is 0 Å². The lowest BCUT2D eigenvalue weighted by Crippen LogP contribution is -2.39. The molecule has 0 N–H and O–H groups in total. The molecule has 0 fully saturated rings. The number of hydrogen-bond donors (Lipinski definition) is 0. The van der Waals surface area contributed by atoms with E-state index in [2.05, 4.69) is 50.0 Å². The Morgan fingerprint density at radius 3 is 2.32 bits per heavy atom. The fourth-order valence-electron chi connectivity index (χ4n) is 3.89. The third-order valence-corrected chi connectivity index (χ3v) is 5.65. The van der Waals surface area contributed by atoms with Crippen LogP contribution in [0.2, 0.25) is 0 Å². The van der Waals surface area contributed by atoms with E-state index in [4.69, 9.17) is 0 Å². The van der Waals surface area contributed by atoms with Crippen molar-refractivity contribution in [3.63, 3.8) is 0 Å². The van der Waals surface area contributed by atoms with Crippen molar-refractivity contribution in [2.24, 2.45) is 0 Å². The highest BCUT2D eigenvalue weighted by Crippen LogP contribution is 2.23. The van der Waals surface area contributed by atoms with E-state index in [9.17, 15) is 9.59 Å². The molecule has 31 heavy (non-hydrogen) atoms. The zero-order chi connectivity index (χ0) is 22.3. The average molecular weight is 417 g/mol. The van der Waals surface area contributed by atoms with E-state index in [1.807, 2.05) is 35.8 Å². The van der Waals surface area contributed by atoms with Crippen LogP contribution in [0.5, 0.6) is 0 Å². The minimum atomic E-state index is -0.370. The highest BCUT2D eigenvalue weighted by Gasteiger charge is 2.19. The van der Waals surface area contributed by atoms with Crippen LogP contribution >= 0.6 is 0 Å². The van der Waals surface area contributed by atoms with Crippen LogP contribution in [0.25, 0.3) is 16.9 Å². The molecule has 160 valence electrons. The van der Waals surface area contributed by atoms with Crippen LogP contribution in [0, 0.1) is 6.92 Å². The van der Waals surface area contributed by atoms with Gasteiger partial charge in [0.25, 0.3) is 5.56 Å². The first-order chi connectivity index (χ1) is 14.7. The van der Waals surface area contributed by atoms with Gasteiger partial charge in [0, 0.05) is 13.1 Å². The Balaban J connectivity index is 1.88. The first-order valence-corrected chi connectivity index (χ1v) is 10.6. The summed E-state index contributed by atoms with van der Waals surface area (Å²) in [7, 11) is 0. The Hall–Kier alpha value is -3.41. The summed E-state index contributed by atoms with van der Waals surface area (Å²) in [4.78, 5) is 30.8. The van der Waals surface area contributed by atoms with E-state index in [-0.39, 0.29) is 16.7 Å². The molecule has 6 heteroatoms. The largest absolute Gasteiger partial charge is 0.337 e. The molecule has 0 amide bonds. The topological polar surface area (TPSA) is 61.8 Å². The van der Waals surface area contributed by atoms with E-state index < -0.39 is 0 Å². The predicted molar refractivity (Wildman–Crippen MR) is 124 cm³/mol. The standard InChI is InChI=1S/C25H28N4O2/c1-6-28-23(30)21-22(29(24(28)31)20-9-7-8-17(2)14-20)26-16-27(21)15-18-10-12-19(13-11-18)25(3,4)5/h7-14,16H,6,15H2,1-5H3. The van der Waals surface area contributed by atoms with Gasteiger partial charge in [-0.2, -0.15) is 0 Å². The summed E-state index contributed by atoms with van der Waals surface area (Å²) < 4.78 is 4.64. The Kier molecular flexibility index (Phi) is 5.17. The predicted octanol–water partition coefficient (Wildman–Crippen LogP) is 4.02. The number of aryl methyl sites for hydroxylation is 1. The molecule has 0 spiro atoms. The van der Waals surface area contributed by atoms with Crippen LogP contribution in [0.15, 0.2) is 64.4 Å². The molecule has 2 heterocycles. The minimum Gasteiger partial charge on any atom is -0.320 e. The quantitative estimate of drug-likeness (QED) is 0.505. The maximum Gasteiger partial charge on any atom is 0.337 e. The van der Waals surface area contributed by atoms with Crippen LogP contribution in [0.3, 0.4) is 0 Å². The van der Waals surface area contributed by atoms with Crippen LogP contribution in [0.1, 0.15) is 44.4 Å². The van der Waals surface area contributed by atoms with Gasteiger partial charge < -0.3 is 4.57 Å². The lowest BCUT2D eigenvalue weighted by Gasteiger charge is -2.19. The van der Waals surface area contributed by atoms with E-state index in [0.717, 1.165) is 11.1 Å². The zero-order valence-corrected chi connectivity index (χ0v) is 18.7. The lowest BCUT2D eigenvalue weighted by atomic mass is 9.87. The highest BCUT2D eigenvalue weighted by atomic mass is 16.2. The molecule has 6 nitrogen and oxygen atoms in total. The van der Waals surface area contributed by atoms with Gasteiger partial charge in [-0.3, -0.25) is 9.36 Å². The van der Waals surface area contributed by atoms with E-state index in [0.29, 0.717) is 29.9 Å². The third kappa shape index (κ3) is 3.74. The molecule has 0 aliphatic rings. The first-order valence-electron chi connectivity index (χ1n) is 10.6. The molecule has 2 aromatic heterocycles. The summed E-state index contributed by atoms with van der Waals surface area (Å²) in [6.07, 6.45) is 1.65. The van der Waals surface area contributed by atoms with Gasteiger partial charge in [-0.05, 0) is 48.1 Å². The summed E-state index contributed by atoms with van der Waals surface area (Å²) >= 11 is 0. The van der Waals surface area contributed by atoms with Crippen molar-refractivity contribution in [3.05, 3.63) is 92.4 Å². The number of nitrogens with zero attached hydrogens (tertiary/aromatic N) is 4. The normalized spacial score (nSPS) is 11.9. The molecule has 4 aromatic rings. The van der Waals surface area contributed by atoms with Crippen LogP contribution in [-0.2, 0) is 18.5 Å². The molecule has 0 atom stereocenters. The summed E-state index contributed by atoms with van der Waals surface area (Å²) in [6, 6.07) is 16.1. The Bertz CT molecular complexity index is 1370. The second-order valence-corrected chi connectivity index (χ2v) is 9.00. The smallest absolute Gasteiger partial charge is 0.320 e. The molecule has 0 unspecified atom stereocenters. The fourth-order valence-corrected chi connectivity index (χ4v) is 3.89.